The van der Waals surface area contributed by atoms with E-state index in [0.29, 0.717) is 28.0 Å². The number of benzene rings is 2. The fourth-order valence-electron chi connectivity index (χ4n) is 3.36. The van der Waals surface area contributed by atoms with Gasteiger partial charge in [-0.1, -0.05) is 24.3 Å². The number of pyridine rings is 1. The highest BCUT2D eigenvalue weighted by Crippen LogP contribution is 2.30. The summed E-state index contributed by atoms with van der Waals surface area (Å²) < 4.78 is 80.1. The first kappa shape index (κ1) is 23.9. The summed E-state index contributed by atoms with van der Waals surface area (Å²) in [6, 6.07) is 14.4. The lowest BCUT2D eigenvalue weighted by Gasteiger charge is -2.11. The van der Waals surface area contributed by atoms with Gasteiger partial charge in [0.1, 0.15) is 17.9 Å². The van der Waals surface area contributed by atoms with Crippen molar-refractivity contribution < 1.29 is 35.9 Å². The standard InChI is InChI=1S/C23H16F6N4O2/c24-22(25,26)13-31-21(34)32-17-5-1-4-16(9-17)19-12-30-20-11-15(7-8-33(19)20)14-3-2-6-18(10-14)35-23(27,28)29/h1-12H,13H2,(H2,31,32,34). The van der Waals surface area contributed by atoms with Gasteiger partial charge in [0.25, 0.3) is 0 Å². The van der Waals surface area contributed by atoms with Gasteiger partial charge in [-0.15, -0.1) is 13.2 Å². The van der Waals surface area contributed by atoms with Crippen molar-refractivity contribution in [3.8, 4) is 28.1 Å². The molecule has 4 aromatic rings. The molecular formula is C23H16F6N4O2. The normalized spacial score (nSPS) is 11.9. The van der Waals surface area contributed by atoms with Crippen molar-refractivity contribution in [3.63, 3.8) is 0 Å². The van der Waals surface area contributed by atoms with Gasteiger partial charge in [-0.2, -0.15) is 13.2 Å². The Morgan fingerprint density at radius 2 is 1.63 bits per heavy atom. The van der Waals surface area contributed by atoms with Crippen LogP contribution in [-0.2, 0) is 0 Å². The zero-order chi connectivity index (χ0) is 25.2. The lowest BCUT2D eigenvalue weighted by Crippen LogP contribution is -2.36. The Kier molecular flexibility index (Phi) is 6.29. The van der Waals surface area contributed by atoms with Crippen LogP contribution in [-0.4, -0.2) is 34.5 Å². The Morgan fingerprint density at radius 3 is 2.37 bits per heavy atom. The molecule has 0 bridgehead atoms. The number of hydrogen-bond donors (Lipinski definition) is 2. The lowest BCUT2D eigenvalue weighted by atomic mass is 10.1. The summed E-state index contributed by atoms with van der Waals surface area (Å²) >= 11 is 0. The summed E-state index contributed by atoms with van der Waals surface area (Å²) in [5.74, 6) is -0.345. The SMILES string of the molecule is O=C(NCC(F)(F)F)Nc1cccc(-c2cnc3cc(-c4cccc(OC(F)(F)F)c4)ccn23)c1. The molecule has 0 fully saturated rings. The van der Waals surface area contributed by atoms with Gasteiger partial charge in [0, 0.05) is 17.4 Å². The molecule has 0 aliphatic heterocycles. The Morgan fingerprint density at radius 1 is 0.914 bits per heavy atom. The number of amides is 2. The Bertz CT molecular complexity index is 1360. The second kappa shape index (κ2) is 9.20. The van der Waals surface area contributed by atoms with Crippen molar-refractivity contribution in [2.45, 2.75) is 12.5 Å². The molecule has 2 amide bonds. The lowest BCUT2D eigenvalue weighted by molar-refractivity contribution is -0.274. The molecule has 2 aromatic carbocycles. The quantitative estimate of drug-likeness (QED) is 0.322. The zero-order valence-corrected chi connectivity index (χ0v) is 17.6. The third-order valence-corrected chi connectivity index (χ3v) is 4.78. The van der Waals surface area contributed by atoms with Gasteiger partial charge in [0.15, 0.2) is 0 Å². The number of halogens is 6. The zero-order valence-electron chi connectivity index (χ0n) is 17.6. The van der Waals surface area contributed by atoms with Crippen LogP contribution in [0.15, 0.2) is 73.1 Å². The summed E-state index contributed by atoms with van der Waals surface area (Å²) in [6.07, 6.45) is -6.09. The minimum Gasteiger partial charge on any atom is -0.406 e. The second-order valence-corrected chi connectivity index (χ2v) is 7.37. The molecule has 2 aromatic heterocycles. The number of carbonyl (C=O) groups excluding carboxylic acids is 1. The third kappa shape index (κ3) is 6.22. The largest absolute Gasteiger partial charge is 0.573 e. The summed E-state index contributed by atoms with van der Waals surface area (Å²) in [7, 11) is 0. The van der Waals surface area contributed by atoms with E-state index in [2.05, 4.69) is 15.0 Å². The maximum absolute atomic E-state index is 12.5. The van der Waals surface area contributed by atoms with E-state index in [0.717, 1.165) is 0 Å². The third-order valence-electron chi connectivity index (χ3n) is 4.78. The minimum absolute atomic E-state index is 0.273. The van der Waals surface area contributed by atoms with Gasteiger partial charge in [-0.25, -0.2) is 9.78 Å². The Hall–Kier alpha value is -4.22. The van der Waals surface area contributed by atoms with E-state index in [4.69, 9.17) is 0 Å². The predicted octanol–water partition coefficient (Wildman–Crippen LogP) is 6.25. The van der Waals surface area contributed by atoms with Gasteiger partial charge < -0.3 is 15.4 Å². The molecule has 35 heavy (non-hydrogen) atoms. The molecule has 0 atom stereocenters. The molecule has 0 spiro atoms. The number of aromatic nitrogens is 2. The van der Waals surface area contributed by atoms with Crippen LogP contribution in [0, 0.1) is 0 Å². The average molecular weight is 494 g/mol. The number of carbonyl (C=O) groups is 1. The summed E-state index contributed by atoms with van der Waals surface area (Å²) in [5, 5.41) is 4.07. The number of nitrogens with zero attached hydrogens (tertiary/aromatic N) is 2. The molecule has 182 valence electrons. The first-order valence-electron chi connectivity index (χ1n) is 10.0. The fourth-order valence-corrected chi connectivity index (χ4v) is 3.36. The monoisotopic (exact) mass is 494 g/mol. The van der Waals surface area contributed by atoms with E-state index >= 15 is 0 Å². The van der Waals surface area contributed by atoms with Crippen molar-refractivity contribution >= 4 is 17.4 Å². The van der Waals surface area contributed by atoms with E-state index in [9.17, 15) is 31.1 Å². The molecule has 4 rings (SSSR count). The topological polar surface area (TPSA) is 67.7 Å². The number of imidazole rings is 1. The molecule has 2 N–H and O–H groups in total. The molecule has 0 aliphatic carbocycles. The van der Waals surface area contributed by atoms with Gasteiger partial charge in [0.05, 0.1) is 11.9 Å². The summed E-state index contributed by atoms with van der Waals surface area (Å²) in [6.45, 7) is -1.46. The van der Waals surface area contributed by atoms with Gasteiger partial charge in [-0.05, 0) is 47.5 Å². The smallest absolute Gasteiger partial charge is 0.406 e. The molecule has 12 heteroatoms. The number of fused-ring (bicyclic) bond motifs is 1. The molecule has 0 unspecified atom stereocenters. The van der Waals surface area contributed by atoms with E-state index in [1.807, 2.05) is 0 Å². The van der Waals surface area contributed by atoms with Crippen LogP contribution in [0.3, 0.4) is 0 Å². The molecule has 2 heterocycles. The van der Waals surface area contributed by atoms with E-state index in [-0.39, 0.29) is 11.4 Å². The van der Waals surface area contributed by atoms with Crippen molar-refractivity contribution in [3.05, 3.63) is 73.1 Å². The van der Waals surface area contributed by atoms with E-state index in [1.54, 1.807) is 58.5 Å². The molecule has 0 saturated carbocycles. The maximum atomic E-state index is 12.5. The predicted molar refractivity (Wildman–Crippen MR) is 116 cm³/mol. The van der Waals surface area contributed by atoms with Crippen LogP contribution < -0.4 is 15.4 Å². The number of hydrogen-bond acceptors (Lipinski definition) is 3. The first-order valence-corrected chi connectivity index (χ1v) is 10.0. The number of urea groups is 1. The van der Waals surface area contributed by atoms with Crippen molar-refractivity contribution in [1.82, 2.24) is 14.7 Å². The van der Waals surface area contributed by atoms with Crippen LogP contribution in [0.1, 0.15) is 0 Å². The highest BCUT2D eigenvalue weighted by atomic mass is 19.4. The Balaban J connectivity index is 1.56. The van der Waals surface area contributed by atoms with Gasteiger partial charge in [0.2, 0.25) is 0 Å². The molecule has 0 aliphatic rings. The van der Waals surface area contributed by atoms with Crippen LogP contribution >= 0.6 is 0 Å². The van der Waals surface area contributed by atoms with Crippen LogP contribution in [0.2, 0.25) is 0 Å². The summed E-state index contributed by atoms with van der Waals surface area (Å²) in [5.41, 5.74) is 3.13. The second-order valence-electron chi connectivity index (χ2n) is 7.37. The highest BCUT2D eigenvalue weighted by molar-refractivity contribution is 5.90. The van der Waals surface area contributed by atoms with Crippen LogP contribution in [0.4, 0.5) is 36.8 Å². The highest BCUT2D eigenvalue weighted by Gasteiger charge is 2.31. The Labute approximate surface area is 194 Å². The maximum Gasteiger partial charge on any atom is 0.573 e. The number of nitrogens with one attached hydrogen (secondary N) is 2. The average Bonchev–Trinajstić information content (AvgIpc) is 3.20. The molecule has 0 radical (unpaired) electrons. The van der Waals surface area contributed by atoms with Gasteiger partial charge >= 0.3 is 18.6 Å². The number of ether oxygens (including phenoxy) is 1. The number of rotatable bonds is 5. The van der Waals surface area contributed by atoms with Crippen LogP contribution in [0.25, 0.3) is 28.0 Å². The molecule has 0 saturated heterocycles. The van der Waals surface area contributed by atoms with Crippen molar-refractivity contribution in [2.24, 2.45) is 0 Å². The van der Waals surface area contributed by atoms with E-state index < -0.39 is 25.1 Å². The fraction of sp³-hybridized carbons (Fsp3) is 0.130. The molecule has 6 nitrogen and oxygen atoms in total. The van der Waals surface area contributed by atoms with Crippen molar-refractivity contribution in [2.75, 3.05) is 11.9 Å². The number of alkyl halides is 6. The van der Waals surface area contributed by atoms with Gasteiger partial charge in [-0.3, -0.25) is 4.40 Å². The van der Waals surface area contributed by atoms with Crippen molar-refractivity contribution in [1.29, 1.82) is 0 Å². The summed E-state index contributed by atoms with van der Waals surface area (Å²) in [4.78, 5) is 16.1. The number of anilines is 1. The first-order chi connectivity index (χ1) is 16.5. The molecular weight excluding hydrogens is 478 g/mol. The minimum atomic E-state index is -4.80. The van der Waals surface area contributed by atoms with E-state index in [1.165, 1.54) is 24.3 Å². The van der Waals surface area contributed by atoms with Crippen LogP contribution in [0.5, 0.6) is 5.75 Å².